The zero-order chi connectivity index (χ0) is 25.4. The molecule has 0 aromatic heterocycles. The molecular formula is C24H31N5O6. The van der Waals surface area contributed by atoms with Crippen molar-refractivity contribution in [3.8, 4) is 12.3 Å². The molecule has 188 valence electrons. The number of carboxylic acid groups (broad SMARTS) is 1. The number of carbonyl (C=O) groups is 4. The zero-order valence-electron chi connectivity index (χ0n) is 19.8. The average molecular weight is 486 g/mol. The third kappa shape index (κ3) is 6.29. The van der Waals surface area contributed by atoms with E-state index in [-0.39, 0.29) is 64.0 Å². The number of carboxylic acids is 1. The van der Waals surface area contributed by atoms with E-state index in [4.69, 9.17) is 11.2 Å². The van der Waals surface area contributed by atoms with E-state index in [1.165, 1.54) is 19.8 Å². The highest BCUT2D eigenvalue weighted by atomic mass is 16.5. The van der Waals surface area contributed by atoms with Crippen molar-refractivity contribution >= 4 is 23.8 Å². The van der Waals surface area contributed by atoms with Crippen LogP contribution in [0.15, 0.2) is 30.3 Å². The maximum absolute atomic E-state index is 13.4. The van der Waals surface area contributed by atoms with E-state index in [1.54, 1.807) is 0 Å². The summed E-state index contributed by atoms with van der Waals surface area (Å²) < 4.78 is 5.40. The number of rotatable bonds is 10. The summed E-state index contributed by atoms with van der Waals surface area (Å²) in [6.45, 7) is 2.98. The summed E-state index contributed by atoms with van der Waals surface area (Å²) in [4.78, 5) is 53.9. The van der Waals surface area contributed by atoms with Crippen molar-refractivity contribution in [2.24, 2.45) is 0 Å². The van der Waals surface area contributed by atoms with E-state index < -0.39 is 24.2 Å². The molecule has 11 nitrogen and oxygen atoms in total. The van der Waals surface area contributed by atoms with Gasteiger partial charge in [0.15, 0.2) is 0 Å². The van der Waals surface area contributed by atoms with Crippen molar-refractivity contribution in [2.45, 2.75) is 38.5 Å². The van der Waals surface area contributed by atoms with Gasteiger partial charge in [-0.3, -0.25) is 14.4 Å². The minimum atomic E-state index is -1.07. The fourth-order valence-electron chi connectivity index (χ4n) is 4.35. The highest BCUT2D eigenvalue weighted by Crippen LogP contribution is 2.28. The lowest BCUT2D eigenvalue weighted by Crippen LogP contribution is -2.76. The molecular weight excluding hydrogens is 454 g/mol. The molecule has 2 saturated heterocycles. The molecule has 0 bridgehead atoms. The Balaban J connectivity index is 1.90. The second-order valence-corrected chi connectivity index (χ2v) is 8.23. The summed E-state index contributed by atoms with van der Waals surface area (Å²) in [5.74, 6) is 0.668. The van der Waals surface area contributed by atoms with Gasteiger partial charge in [-0.15, -0.1) is 6.42 Å². The number of nitrogens with zero attached hydrogens (tertiary/aromatic N) is 4. The molecule has 0 radical (unpaired) electrons. The van der Waals surface area contributed by atoms with Gasteiger partial charge in [0.2, 0.25) is 11.8 Å². The number of hydrogen-bond donors (Lipinski definition) is 2. The fraction of sp³-hybridized carbons (Fsp3) is 0.500. The Bertz CT molecular complexity index is 965. The standard InChI is InChI=1S/C24H31N5O6/c1-3-12-27-17-21(30)28-19(10-11-22(31)32)23(33)26(13-14-35-4-2)16-20(28)29(27)24(34)25-15-18-8-6-5-7-9-18/h1,5-9,19-20H,4,10-17H2,2H3,(H,25,34)(H,31,32)/t19-,20-/m0/s1. The van der Waals surface area contributed by atoms with Crippen molar-refractivity contribution < 1.29 is 29.0 Å². The Morgan fingerprint density at radius 3 is 2.66 bits per heavy atom. The normalized spacial score (nSPS) is 20.4. The molecule has 2 atom stereocenters. The average Bonchev–Trinajstić information content (AvgIpc) is 2.83. The largest absolute Gasteiger partial charge is 0.481 e. The van der Waals surface area contributed by atoms with Crippen LogP contribution in [0.3, 0.4) is 0 Å². The number of hydrazine groups is 1. The summed E-state index contributed by atoms with van der Waals surface area (Å²) in [6, 6.07) is 7.89. The van der Waals surface area contributed by atoms with Crippen LogP contribution in [0.2, 0.25) is 0 Å². The van der Waals surface area contributed by atoms with Crippen LogP contribution in [-0.2, 0) is 25.7 Å². The van der Waals surface area contributed by atoms with Gasteiger partial charge in [-0.25, -0.2) is 9.80 Å². The summed E-state index contributed by atoms with van der Waals surface area (Å²) in [6.07, 6.45) is 4.33. The van der Waals surface area contributed by atoms with Crippen molar-refractivity contribution in [3.05, 3.63) is 35.9 Å². The zero-order valence-corrected chi connectivity index (χ0v) is 19.8. The topological polar surface area (TPSA) is 123 Å². The summed E-state index contributed by atoms with van der Waals surface area (Å²) in [5, 5.41) is 14.9. The van der Waals surface area contributed by atoms with Crippen LogP contribution in [0, 0.1) is 12.3 Å². The van der Waals surface area contributed by atoms with E-state index in [9.17, 15) is 24.3 Å². The molecule has 0 aliphatic carbocycles. The van der Waals surface area contributed by atoms with Gasteiger partial charge in [0.25, 0.3) is 0 Å². The van der Waals surface area contributed by atoms with Crippen LogP contribution >= 0.6 is 0 Å². The molecule has 2 aliphatic rings. The Morgan fingerprint density at radius 2 is 2.00 bits per heavy atom. The number of nitrogens with one attached hydrogen (secondary N) is 1. The minimum absolute atomic E-state index is 0.0154. The Hall–Kier alpha value is -3.62. The molecule has 2 aliphatic heterocycles. The molecule has 2 N–H and O–H groups in total. The number of urea groups is 1. The van der Waals surface area contributed by atoms with Crippen molar-refractivity contribution in [1.29, 1.82) is 0 Å². The smallest absolute Gasteiger partial charge is 0.334 e. The number of aliphatic carboxylic acids is 1. The summed E-state index contributed by atoms with van der Waals surface area (Å²) in [7, 11) is 0. The van der Waals surface area contributed by atoms with Crippen molar-refractivity contribution in [2.75, 3.05) is 39.4 Å². The monoisotopic (exact) mass is 485 g/mol. The van der Waals surface area contributed by atoms with Crippen LogP contribution in [0.1, 0.15) is 25.3 Å². The molecule has 2 fully saturated rings. The lowest BCUT2D eigenvalue weighted by molar-refractivity contribution is -0.190. The molecule has 1 aromatic rings. The number of terminal acetylenes is 1. The highest BCUT2D eigenvalue weighted by Gasteiger charge is 2.51. The van der Waals surface area contributed by atoms with Gasteiger partial charge >= 0.3 is 12.0 Å². The van der Waals surface area contributed by atoms with Crippen molar-refractivity contribution in [3.63, 3.8) is 0 Å². The van der Waals surface area contributed by atoms with Crippen LogP contribution < -0.4 is 5.32 Å². The number of amides is 4. The Labute approximate surface area is 204 Å². The maximum Gasteiger partial charge on any atom is 0.334 e. The number of piperazine rings is 1. The number of ether oxygens (including phenoxy) is 1. The van der Waals surface area contributed by atoms with Crippen LogP contribution in [0.5, 0.6) is 0 Å². The second kappa shape index (κ2) is 12.2. The number of benzene rings is 1. The highest BCUT2D eigenvalue weighted by molar-refractivity contribution is 5.91. The minimum Gasteiger partial charge on any atom is -0.481 e. The van der Waals surface area contributed by atoms with Crippen molar-refractivity contribution in [1.82, 2.24) is 25.1 Å². The molecule has 11 heteroatoms. The van der Waals surface area contributed by atoms with Crippen LogP contribution in [0.25, 0.3) is 0 Å². The molecule has 0 saturated carbocycles. The van der Waals surface area contributed by atoms with E-state index in [0.29, 0.717) is 6.61 Å². The van der Waals surface area contributed by atoms with Gasteiger partial charge in [0, 0.05) is 26.1 Å². The summed E-state index contributed by atoms with van der Waals surface area (Å²) >= 11 is 0. The molecule has 3 rings (SSSR count). The second-order valence-electron chi connectivity index (χ2n) is 8.23. The molecule has 4 amide bonds. The maximum atomic E-state index is 13.4. The molecule has 2 heterocycles. The molecule has 1 aromatic carbocycles. The predicted octanol–water partition coefficient (Wildman–Crippen LogP) is 0.329. The van der Waals surface area contributed by atoms with E-state index >= 15 is 0 Å². The first-order valence-corrected chi connectivity index (χ1v) is 11.6. The van der Waals surface area contributed by atoms with Crippen LogP contribution in [-0.4, -0.2) is 100 Å². The Morgan fingerprint density at radius 1 is 1.26 bits per heavy atom. The number of hydrogen-bond acceptors (Lipinski definition) is 6. The third-order valence-electron chi connectivity index (χ3n) is 5.94. The van der Waals surface area contributed by atoms with E-state index in [1.807, 2.05) is 37.3 Å². The SMILES string of the molecule is C#CCN1CC(=O)N2[C@@H](CCC(=O)O)C(=O)N(CCOCC)C[C@@H]2N1C(=O)NCc1ccccc1. The molecule has 0 spiro atoms. The first-order valence-electron chi connectivity index (χ1n) is 11.6. The quantitative estimate of drug-likeness (QED) is 0.362. The lowest BCUT2D eigenvalue weighted by Gasteiger charge is -2.54. The number of fused-ring (bicyclic) bond motifs is 1. The molecule has 0 unspecified atom stereocenters. The first-order chi connectivity index (χ1) is 16.9. The van der Waals surface area contributed by atoms with Crippen LogP contribution in [0.4, 0.5) is 4.79 Å². The molecule has 35 heavy (non-hydrogen) atoms. The van der Waals surface area contributed by atoms with Gasteiger partial charge in [-0.05, 0) is 18.9 Å². The predicted molar refractivity (Wildman–Crippen MR) is 125 cm³/mol. The van der Waals surface area contributed by atoms with E-state index in [2.05, 4.69) is 11.2 Å². The first kappa shape index (κ1) is 26.0. The van der Waals surface area contributed by atoms with Gasteiger partial charge in [0.05, 0.1) is 26.2 Å². The number of carbonyl (C=O) groups excluding carboxylic acids is 3. The van der Waals surface area contributed by atoms with Gasteiger partial charge in [-0.1, -0.05) is 36.3 Å². The van der Waals surface area contributed by atoms with Gasteiger partial charge in [-0.2, -0.15) is 5.01 Å². The van der Waals surface area contributed by atoms with E-state index in [0.717, 1.165) is 5.56 Å². The lowest BCUT2D eigenvalue weighted by atomic mass is 10.0. The summed E-state index contributed by atoms with van der Waals surface area (Å²) in [5.41, 5.74) is 0.894. The third-order valence-corrected chi connectivity index (χ3v) is 5.94. The Kier molecular flexibility index (Phi) is 9.05. The van der Waals surface area contributed by atoms with Gasteiger partial charge < -0.3 is 25.0 Å². The fourth-order valence-corrected chi connectivity index (χ4v) is 4.35. The van der Waals surface area contributed by atoms with Gasteiger partial charge in [0.1, 0.15) is 12.2 Å².